The van der Waals surface area contributed by atoms with Crippen molar-refractivity contribution >= 4 is 17.3 Å². The van der Waals surface area contributed by atoms with Crippen LogP contribution in [0.4, 0.5) is 11.4 Å². The second-order valence-electron chi connectivity index (χ2n) is 4.93. The molecule has 21 heavy (non-hydrogen) atoms. The third-order valence-electron chi connectivity index (χ3n) is 3.12. The summed E-state index contributed by atoms with van der Waals surface area (Å²) in [5.74, 6) is -0.157. The Balaban J connectivity index is 1.97. The summed E-state index contributed by atoms with van der Waals surface area (Å²) in [5.41, 5.74) is 8.46. The van der Waals surface area contributed by atoms with Crippen LogP contribution in [-0.2, 0) is 11.3 Å². The van der Waals surface area contributed by atoms with Crippen LogP contribution in [0.3, 0.4) is 0 Å². The number of benzene rings is 1. The summed E-state index contributed by atoms with van der Waals surface area (Å²) in [6, 6.07) is 6.74. The van der Waals surface area contributed by atoms with Crippen LogP contribution in [0.1, 0.15) is 17.7 Å². The number of nitrogens with zero attached hydrogens (tertiary/aromatic N) is 2. The molecule has 0 bridgehead atoms. The van der Waals surface area contributed by atoms with Crippen molar-refractivity contribution in [1.29, 1.82) is 0 Å². The maximum absolute atomic E-state index is 11.9. The fraction of sp³-hybridized carbons (Fsp3) is 0.267. The topological polar surface area (TPSA) is 90.0 Å². The fourth-order valence-electron chi connectivity index (χ4n) is 1.95. The van der Waals surface area contributed by atoms with Crippen LogP contribution in [0, 0.1) is 13.8 Å². The molecule has 2 aromatic rings. The Morgan fingerprint density at radius 1 is 1.33 bits per heavy atom. The molecule has 0 saturated heterocycles. The van der Waals surface area contributed by atoms with Gasteiger partial charge in [-0.3, -0.25) is 14.2 Å². The molecule has 6 heteroatoms. The average Bonchev–Trinajstić information content (AvgIpc) is 2.41. The van der Waals surface area contributed by atoms with E-state index >= 15 is 0 Å². The number of carbonyl (C=O) groups excluding carboxylic acids is 1. The van der Waals surface area contributed by atoms with E-state index in [1.54, 1.807) is 25.1 Å². The number of nitrogen functional groups attached to an aromatic ring is 1. The van der Waals surface area contributed by atoms with Gasteiger partial charge in [0.05, 0.1) is 6.33 Å². The monoisotopic (exact) mass is 286 g/mol. The number of carbonyl (C=O) groups is 1. The summed E-state index contributed by atoms with van der Waals surface area (Å²) in [6.07, 6.45) is 1.66. The molecule has 0 unspecified atom stereocenters. The minimum atomic E-state index is -0.157. The van der Waals surface area contributed by atoms with E-state index in [4.69, 9.17) is 5.73 Å². The lowest BCUT2D eigenvalue weighted by molar-refractivity contribution is -0.116. The molecule has 1 aromatic carbocycles. The Bertz CT molecular complexity index is 722. The van der Waals surface area contributed by atoms with Gasteiger partial charge in [-0.25, -0.2) is 4.98 Å². The second-order valence-corrected chi connectivity index (χ2v) is 4.93. The van der Waals surface area contributed by atoms with Crippen LogP contribution in [0.15, 0.2) is 35.4 Å². The molecule has 1 aromatic heterocycles. The van der Waals surface area contributed by atoms with Crippen LogP contribution in [0.2, 0.25) is 0 Å². The third-order valence-corrected chi connectivity index (χ3v) is 3.12. The van der Waals surface area contributed by atoms with Gasteiger partial charge in [-0.1, -0.05) is 0 Å². The molecule has 0 aliphatic heterocycles. The molecule has 3 N–H and O–H groups in total. The average molecular weight is 286 g/mol. The van der Waals surface area contributed by atoms with Crippen molar-refractivity contribution in [3.05, 3.63) is 52.2 Å². The number of rotatable bonds is 4. The first kappa shape index (κ1) is 14.8. The number of anilines is 2. The summed E-state index contributed by atoms with van der Waals surface area (Å²) in [7, 11) is 0. The van der Waals surface area contributed by atoms with Crippen molar-refractivity contribution in [1.82, 2.24) is 9.55 Å². The van der Waals surface area contributed by atoms with E-state index in [1.165, 1.54) is 17.0 Å². The van der Waals surface area contributed by atoms with Crippen LogP contribution < -0.4 is 16.6 Å². The maximum Gasteiger partial charge on any atom is 0.253 e. The quantitative estimate of drug-likeness (QED) is 0.833. The van der Waals surface area contributed by atoms with Crippen molar-refractivity contribution in [3.63, 3.8) is 0 Å². The van der Waals surface area contributed by atoms with E-state index in [1.807, 2.05) is 6.92 Å². The van der Waals surface area contributed by atoms with Crippen molar-refractivity contribution in [3.8, 4) is 0 Å². The summed E-state index contributed by atoms with van der Waals surface area (Å²) in [5, 5.41) is 2.81. The van der Waals surface area contributed by atoms with Gasteiger partial charge < -0.3 is 11.1 Å². The summed E-state index contributed by atoms with van der Waals surface area (Å²) >= 11 is 0. The molecule has 0 spiro atoms. The zero-order chi connectivity index (χ0) is 15.4. The lowest BCUT2D eigenvalue weighted by atomic mass is 10.2. The minimum absolute atomic E-state index is 0.154. The van der Waals surface area contributed by atoms with Gasteiger partial charge >= 0.3 is 0 Å². The molecular weight excluding hydrogens is 268 g/mol. The highest BCUT2D eigenvalue weighted by atomic mass is 16.1. The number of hydrogen-bond donors (Lipinski definition) is 2. The number of aryl methyl sites for hydroxylation is 3. The molecule has 0 radical (unpaired) electrons. The smallest absolute Gasteiger partial charge is 0.253 e. The van der Waals surface area contributed by atoms with E-state index < -0.39 is 0 Å². The van der Waals surface area contributed by atoms with Crippen molar-refractivity contribution in [2.75, 3.05) is 11.1 Å². The summed E-state index contributed by atoms with van der Waals surface area (Å²) in [6.45, 7) is 3.93. The van der Waals surface area contributed by atoms with Crippen molar-refractivity contribution < 1.29 is 4.79 Å². The van der Waals surface area contributed by atoms with Crippen molar-refractivity contribution in [2.24, 2.45) is 0 Å². The van der Waals surface area contributed by atoms with Crippen LogP contribution in [0.25, 0.3) is 0 Å². The molecule has 0 fully saturated rings. The van der Waals surface area contributed by atoms with Gasteiger partial charge in [0.25, 0.3) is 5.56 Å². The number of amides is 1. The van der Waals surface area contributed by atoms with Crippen LogP contribution in [-0.4, -0.2) is 15.5 Å². The largest absolute Gasteiger partial charge is 0.399 e. The molecule has 0 aliphatic carbocycles. The number of nitrogens with two attached hydrogens (primary N) is 1. The third kappa shape index (κ3) is 3.92. The highest BCUT2D eigenvalue weighted by molar-refractivity contribution is 5.91. The Morgan fingerprint density at radius 3 is 2.76 bits per heavy atom. The zero-order valence-electron chi connectivity index (χ0n) is 12.1. The summed E-state index contributed by atoms with van der Waals surface area (Å²) in [4.78, 5) is 27.6. The Kier molecular flexibility index (Phi) is 4.37. The van der Waals surface area contributed by atoms with Gasteiger partial charge in [0.1, 0.15) is 0 Å². The predicted molar refractivity (Wildman–Crippen MR) is 82.1 cm³/mol. The van der Waals surface area contributed by atoms with Gasteiger partial charge in [0.15, 0.2) is 0 Å². The van der Waals surface area contributed by atoms with E-state index in [9.17, 15) is 9.59 Å². The molecular formula is C15H18N4O2. The number of nitrogens with one attached hydrogen (secondary N) is 1. The molecule has 1 amide bonds. The molecule has 0 atom stereocenters. The van der Waals surface area contributed by atoms with Crippen molar-refractivity contribution in [2.45, 2.75) is 26.8 Å². The Hall–Kier alpha value is -2.63. The normalized spacial score (nSPS) is 10.4. The summed E-state index contributed by atoms with van der Waals surface area (Å²) < 4.78 is 1.42. The van der Waals surface area contributed by atoms with E-state index in [2.05, 4.69) is 10.3 Å². The molecule has 0 saturated carbocycles. The highest BCUT2D eigenvalue weighted by Crippen LogP contribution is 2.17. The molecule has 0 aliphatic rings. The highest BCUT2D eigenvalue weighted by Gasteiger charge is 2.06. The van der Waals surface area contributed by atoms with Gasteiger partial charge in [-0.05, 0) is 37.6 Å². The Labute approximate surface area is 122 Å². The van der Waals surface area contributed by atoms with Gasteiger partial charge in [-0.2, -0.15) is 0 Å². The number of aromatic nitrogens is 2. The number of hydrogen-bond acceptors (Lipinski definition) is 4. The van der Waals surface area contributed by atoms with E-state index in [0.29, 0.717) is 17.9 Å². The zero-order valence-corrected chi connectivity index (χ0v) is 12.1. The molecule has 1 heterocycles. The van der Waals surface area contributed by atoms with E-state index in [-0.39, 0.29) is 17.9 Å². The lowest BCUT2D eigenvalue weighted by Gasteiger charge is -2.09. The fourth-order valence-corrected chi connectivity index (χ4v) is 1.95. The molecule has 6 nitrogen and oxygen atoms in total. The van der Waals surface area contributed by atoms with E-state index in [0.717, 1.165) is 11.3 Å². The van der Waals surface area contributed by atoms with Gasteiger partial charge in [0.2, 0.25) is 5.91 Å². The molecule has 110 valence electrons. The molecule has 2 rings (SSSR count). The minimum Gasteiger partial charge on any atom is -0.399 e. The predicted octanol–water partition coefficient (Wildman–Crippen LogP) is 1.47. The van der Waals surface area contributed by atoms with Crippen LogP contribution in [0.5, 0.6) is 0 Å². The maximum atomic E-state index is 11.9. The Morgan fingerprint density at radius 2 is 2.10 bits per heavy atom. The van der Waals surface area contributed by atoms with Gasteiger partial charge in [0, 0.05) is 36.1 Å². The first-order valence-corrected chi connectivity index (χ1v) is 6.65. The first-order valence-electron chi connectivity index (χ1n) is 6.65. The lowest BCUT2D eigenvalue weighted by Crippen LogP contribution is -2.23. The second kappa shape index (κ2) is 6.21. The standard InChI is InChI=1S/C15H18N4O2/c1-10-7-12(16)3-4-13(10)18-14(20)5-6-19-9-17-11(2)8-15(19)21/h3-4,7-9H,5-6,16H2,1-2H3,(H,18,20). The van der Waals surface area contributed by atoms with Crippen LogP contribution >= 0.6 is 0 Å². The first-order chi connectivity index (χ1) is 9.95. The van der Waals surface area contributed by atoms with Gasteiger partial charge in [-0.15, -0.1) is 0 Å². The SMILES string of the molecule is Cc1cc(=O)n(CCC(=O)Nc2ccc(N)cc2C)cn1.